The molecule has 1 saturated heterocycles. The van der Waals surface area contributed by atoms with Crippen LogP contribution in [0, 0.1) is 11.8 Å². The Kier molecular flexibility index (Phi) is 6.37. The van der Waals surface area contributed by atoms with Crippen molar-refractivity contribution in [2.24, 2.45) is 11.8 Å². The zero-order chi connectivity index (χ0) is 22.6. The molecule has 0 spiro atoms. The van der Waals surface area contributed by atoms with Gasteiger partial charge in [0.1, 0.15) is 6.61 Å². The lowest BCUT2D eigenvalue weighted by Gasteiger charge is -2.22. The molecule has 172 valence electrons. The first kappa shape index (κ1) is 21.6. The fraction of sp³-hybridized carbons (Fsp3) is 0.333. The Labute approximate surface area is 193 Å². The van der Waals surface area contributed by atoms with E-state index in [4.69, 9.17) is 23.7 Å². The van der Waals surface area contributed by atoms with Gasteiger partial charge in [0, 0.05) is 12.5 Å². The van der Waals surface area contributed by atoms with Crippen LogP contribution in [0.3, 0.4) is 0 Å². The minimum Gasteiger partial charge on any atom is -0.493 e. The highest BCUT2D eigenvalue weighted by Gasteiger charge is 2.38. The summed E-state index contributed by atoms with van der Waals surface area (Å²) in [5, 5.41) is 10.2. The van der Waals surface area contributed by atoms with Crippen molar-refractivity contribution in [2.75, 3.05) is 27.1 Å². The Morgan fingerprint density at radius 3 is 2.58 bits per heavy atom. The van der Waals surface area contributed by atoms with Crippen molar-refractivity contribution in [3.63, 3.8) is 0 Å². The van der Waals surface area contributed by atoms with E-state index in [9.17, 15) is 5.11 Å². The maximum atomic E-state index is 10.2. The Balaban J connectivity index is 1.27. The molecule has 0 unspecified atom stereocenters. The van der Waals surface area contributed by atoms with Crippen molar-refractivity contribution in [3.05, 3.63) is 83.4 Å². The first-order valence-corrected chi connectivity index (χ1v) is 11.2. The van der Waals surface area contributed by atoms with Crippen LogP contribution in [0.2, 0.25) is 0 Å². The summed E-state index contributed by atoms with van der Waals surface area (Å²) in [5.74, 6) is 3.07. The van der Waals surface area contributed by atoms with Gasteiger partial charge in [-0.3, -0.25) is 0 Å². The number of rotatable bonds is 8. The minimum atomic E-state index is -0.176. The summed E-state index contributed by atoms with van der Waals surface area (Å²) in [6.45, 7) is 1.36. The molecule has 1 fully saturated rings. The van der Waals surface area contributed by atoms with E-state index < -0.39 is 0 Å². The summed E-state index contributed by atoms with van der Waals surface area (Å²) < 4.78 is 28.6. The third-order valence-corrected chi connectivity index (χ3v) is 6.38. The lowest BCUT2D eigenvalue weighted by molar-refractivity contribution is 0.0717. The molecule has 3 aromatic carbocycles. The predicted octanol–water partition coefficient (Wildman–Crippen LogP) is 4.54. The van der Waals surface area contributed by atoms with E-state index in [1.807, 2.05) is 60.7 Å². The van der Waals surface area contributed by atoms with Gasteiger partial charge in [-0.25, -0.2) is 0 Å². The van der Waals surface area contributed by atoms with Crippen molar-refractivity contribution in [1.29, 1.82) is 0 Å². The Morgan fingerprint density at radius 2 is 1.76 bits per heavy atom. The van der Waals surface area contributed by atoms with Gasteiger partial charge in [-0.05, 0) is 53.3 Å². The van der Waals surface area contributed by atoms with Crippen molar-refractivity contribution in [1.82, 2.24) is 0 Å². The summed E-state index contributed by atoms with van der Waals surface area (Å²) in [5.41, 5.74) is 3.23. The SMILES string of the molecule is COc1cc(C[C@H]2CO[C@H](c3ccc4c(c3)OCO4)[C@H]2CO)ccc1OCc1ccccc1. The minimum absolute atomic E-state index is 0.00891. The second-order valence-corrected chi connectivity index (χ2v) is 8.44. The molecular weight excluding hydrogens is 420 g/mol. The molecule has 0 amide bonds. The Morgan fingerprint density at radius 1 is 0.909 bits per heavy atom. The van der Waals surface area contributed by atoms with E-state index in [1.165, 1.54) is 0 Å². The van der Waals surface area contributed by atoms with Crippen LogP contribution in [0.5, 0.6) is 23.0 Å². The summed E-state index contributed by atoms with van der Waals surface area (Å²) in [6.07, 6.45) is 0.603. The van der Waals surface area contributed by atoms with E-state index in [1.54, 1.807) is 7.11 Å². The normalized spacial score (nSPS) is 21.2. The van der Waals surface area contributed by atoms with Gasteiger partial charge >= 0.3 is 0 Å². The average molecular weight is 449 g/mol. The standard InChI is InChI=1S/C27H28O6/c1-29-25-12-19(7-9-23(25)30-15-18-5-3-2-4-6-18)11-21-16-31-27(22(21)14-28)20-8-10-24-26(13-20)33-17-32-24/h2-10,12-13,21-22,27-28H,11,14-17H2,1H3/t21-,22-,27+/m0/s1. The number of ether oxygens (including phenoxy) is 5. The Bertz CT molecular complexity index is 1080. The molecule has 0 bridgehead atoms. The van der Waals surface area contributed by atoms with Gasteiger partial charge < -0.3 is 28.8 Å². The zero-order valence-corrected chi connectivity index (χ0v) is 18.6. The van der Waals surface area contributed by atoms with Crippen molar-refractivity contribution >= 4 is 0 Å². The smallest absolute Gasteiger partial charge is 0.231 e. The maximum Gasteiger partial charge on any atom is 0.231 e. The van der Waals surface area contributed by atoms with E-state index in [0.29, 0.717) is 24.7 Å². The molecule has 6 nitrogen and oxygen atoms in total. The summed E-state index contributed by atoms with van der Waals surface area (Å²) in [6, 6.07) is 21.9. The van der Waals surface area contributed by atoms with Gasteiger partial charge in [-0.15, -0.1) is 0 Å². The number of aliphatic hydroxyl groups excluding tert-OH is 1. The first-order chi connectivity index (χ1) is 16.2. The van der Waals surface area contributed by atoms with Gasteiger partial charge in [-0.1, -0.05) is 42.5 Å². The van der Waals surface area contributed by atoms with Gasteiger partial charge in [0.2, 0.25) is 6.79 Å². The topological polar surface area (TPSA) is 66.4 Å². The molecule has 3 atom stereocenters. The van der Waals surface area contributed by atoms with Crippen LogP contribution >= 0.6 is 0 Å². The van der Waals surface area contributed by atoms with Gasteiger partial charge in [0.05, 0.1) is 19.8 Å². The van der Waals surface area contributed by atoms with Crippen molar-refractivity contribution in [3.8, 4) is 23.0 Å². The van der Waals surface area contributed by atoms with Crippen LogP contribution < -0.4 is 18.9 Å². The van der Waals surface area contributed by atoms with Gasteiger partial charge in [0.25, 0.3) is 0 Å². The second-order valence-electron chi connectivity index (χ2n) is 8.44. The molecule has 6 heteroatoms. The van der Waals surface area contributed by atoms with Crippen molar-refractivity contribution < 1.29 is 28.8 Å². The molecule has 2 aliphatic heterocycles. The number of methoxy groups -OCH3 is 1. The van der Waals surface area contributed by atoms with Crippen LogP contribution in [-0.2, 0) is 17.8 Å². The first-order valence-electron chi connectivity index (χ1n) is 11.2. The molecule has 0 radical (unpaired) electrons. The fourth-order valence-corrected chi connectivity index (χ4v) is 4.61. The lowest BCUT2D eigenvalue weighted by Crippen LogP contribution is -2.21. The third kappa shape index (κ3) is 4.63. The van der Waals surface area contributed by atoms with E-state index >= 15 is 0 Å². The molecule has 33 heavy (non-hydrogen) atoms. The van der Waals surface area contributed by atoms with E-state index in [2.05, 4.69) is 6.07 Å². The highest BCUT2D eigenvalue weighted by molar-refractivity contribution is 5.46. The highest BCUT2D eigenvalue weighted by atomic mass is 16.7. The number of hydrogen-bond donors (Lipinski definition) is 1. The molecule has 5 rings (SSSR count). The molecule has 0 aliphatic carbocycles. The molecule has 2 heterocycles. The zero-order valence-electron chi connectivity index (χ0n) is 18.6. The number of benzene rings is 3. The summed E-state index contributed by atoms with van der Waals surface area (Å²) >= 11 is 0. The molecule has 1 N–H and O–H groups in total. The monoisotopic (exact) mass is 448 g/mol. The fourth-order valence-electron chi connectivity index (χ4n) is 4.61. The van der Waals surface area contributed by atoms with Crippen LogP contribution in [0.4, 0.5) is 0 Å². The molecule has 3 aromatic rings. The largest absolute Gasteiger partial charge is 0.493 e. The Hall–Kier alpha value is -3.22. The molecule has 0 saturated carbocycles. The van der Waals surface area contributed by atoms with Crippen LogP contribution in [-0.4, -0.2) is 32.2 Å². The van der Waals surface area contributed by atoms with Crippen molar-refractivity contribution in [2.45, 2.75) is 19.1 Å². The van der Waals surface area contributed by atoms with E-state index in [0.717, 1.165) is 34.6 Å². The highest BCUT2D eigenvalue weighted by Crippen LogP contribution is 2.43. The van der Waals surface area contributed by atoms with Gasteiger partial charge in [-0.2, -0.15) is 0 Å². The number of fused-ring (bicyclic) bond motifs is 1. The van der Waals surface area contributed by atoms with Crippen LogP contribution in [0.15, 0.2) is 66.7 Å². The third-order valence-electron chi connectivity index (χ3n) is 6.38. The number of aliphatic hydroxyl groups is 1. The van der Waals surface area contributed by atoms with Crippen LogP contribution in [0.25, 0.3) is 0 Å². The average Bonchev–Trinajstić information content (AvgIpc) is 3.49. The summed E-state index contributed by atoms with van der Waals surface area (Å²) in [4.78, 5) is 0. The molecular formula is C27H28O6. The van der Waals surface area contributed by atoms with E-state index in [-0.39, 0.29) is 31.3 Å². The predicted molar refractivity (Wildman–Crippen MR) is 123 cm³/mol. The van der Waals surface area contributed by atoms with Gasteiger partial charge in [0.15, 0.2) is 23.0 Å². The molecule has 2 aliphatic rings. The second kappa shape index (κ2) is 9.73. The quantitative estimate of drug-likeness (QED) is 0.546. The summed E-state index contributed by atoms with van der Waals surface area (Å²) in [7, 11) is 1.65. The van der Waals surface area contributed by atoms with Crippen LogP contribution in [0.1, 0.15) is 22.8 Å². The maximum absolute atomic E-state index is 10.2. The molecule has 0 aromatic heterocycles. The number of hydrogen-bond acceptors (Lipinski definition) is 6. The lowest BCUT2D eigenvalue weighted by atomic mass is 9.84.